The van der Waals surface area contributed by atoms with Gasteiger partial charge in [0.25, 0.3) is 11.7 Å². The molecule has 0 atom stereocenters. The molecule has 1 aliphatic rings. The zero-order valence-electron chi connectivity index (χ0n) is 8.62. The molecule has 1 heterocycles. The molecule has 0 spiro atoms. The molecule has 1 aliphatic carbocycles. The van der Waals surface area contributed by atoms with E-state index in [-0.39, 0.29) is 11.7 Å². The smallest absolute Gasteiger partial charge is 0.292 e. The molecule has 0 aliphatic heterocycles. The first-order chi connectivity index (χ1) is 7.29. The van der Waals surface area contributed by atoms with Crippen LogP contribution >= 0.6 is 0 Å². The largest absolute Gasteiger partial charge is 0.349 e. The average Bonchev–Trinajstić information content (AvgIpc) is 2.93. The third kappa shape index (κ3) is 2.76. The summed E-state index contributed by atoms with van der Waals surface area (Å²) in [5, 5.41) is 9.43. The van der Waals surface area contributed by atoms with Crippen molar-refractivity contribution in [3.63, 3.8) is 0 Å². The molecule has 0 bridgehead atoms. The van der Waals surface area contributed by atoms with Crippen LogP contribution in [0.1, 0.15) is 36.3 Å². The van der Waals surface area contributed by atoms with Crippen molar-refractivity contribution in [2.45, 2.75) is 32.4 Å². The Bertz CT molecular complexity index is 346. The van der Waals surface area contributed by atoms with Gasteiger partial charge in [-0.2, -0.15) is 4.98 Å². The van der Waals surface area contributed by atoms with Crippen molar-refractivity contribution in [3.05, 3.63) is 11.7 Å². The topological polar surface area (TPSA) is 80.0 Å². The van der Waals surface area contributed by atoms with Crippen molar-refractivity contribution in [2.75, 3.05) is 6.54 Å². The molecule has 0 radical (unpaired) electrons. The number of rotatable bonds is 5. The van der Waals surface area contributed by atoms with Gasteiger partial charge in [-0.25, -0.2) is 0 Å². The van der Waals surface area contributed by atoms with Crippen LogP contribution in [0.2, 0.25) is 0 Å². The normalized spacial score (nSPS) is 15.3. The number of nitrogens with zero attached hydrogens (tertiary/aromatic N) is 2. The van der Waals surface area contributed by atoms with Crippen LogP contribution in [0.5, 0.6) is 0 Å². The molecular formula is C9H14N4O2. The number of carbonyl (C=O) groups excluding carboxylic acids is 1. The maximum Gasteiger partial charge on any atom is 0.292 e. The van der Waals surface area contributed by atoms with Crippen LogP contribution in [-0.4, -0.2) is 28.6 Å². The molecule has 1 aromatic rings. The highest BCUT2D eigenvalue weighted by atomic mass is 16.5. The molecule has 6 heteroatoms. The molecule has 15 heavy (non-hydrogen) atoms. The molecule has 1 amide bonds. The Morgan fingerprint density at radius 2 is 2.40 bits per heavy atom. The van der Waals surface area contributed by atoms with E-state index in [0.29, 0.717) is 25.0 Å². The summed E-state index contributed by atoms with van der Waals surface area (Å²) < 4.78 is 4.93. The number of carbonyl (C=O) groups is 1. The van der Waals surface area contributed by atoms with E-state index in [4.69, 9.17) is 4.52 Å². The van der Waals surface area contributed by atoms with Gasteiger partial charge in [-0.1, -0.05) is 5.16 Å². The third-order valence-corrected chi connectivity index (χ3v) is 2.13. The predicted octanol–water partition coefficient (Wildman–Crippen LogP) is 0.0713. The molecule has 1 aromatic heterocycles. The molecule has 0 unspecified atom stereocenters. The van der Waals surface area contributed by atoms with Gasteiger partial charge in [0.15, 0.2) is 0 Å². The Labute approximate surface area is 87.4 Å². The van der Waals surface area contributed by atoms with E-state index in [9.17, 15) is 4.79 Å². The van der Waals surface area contributed by atoms with Crippen molar-refractivity contribution in [2.24, 2.45) is 0 Å². The first-order valence-electron chi connectivity index (χ1n) is 5.13. The van der Waals surface area contributed by atoms with Crippen LogP contribution in [0.25, 0.3) is 0 Å². The summed E-state index contributed by atoms with van der Waals surface area (Å²) in [5.41, 5.74) is 0. The highest BCUT2D eigenvalue weighted by Crippen LogP contribution is 2.18. The lowest BCUT2D eigenvalue weighted by atomic mass is 10.5. The second kappa shape index (κ2) is 4.39. The van der Waals surface area contributed by atoms with Gasteiger partial charge in [-0.05, 0) is 19.8 Å². The number of hydrogen-bond donors (Lipinski definition) is 2. The van der Waals surface area contributed by atoms with E-state index in [1.54, 1.807) is 0 Å². The highest BCUT2D eigenvalue weighted by Gasteiger charge is 2.21. The number of nitrogens with one attached hydrogen (secondary N) is 2. The van der Waals surface area contributed by atoms with Crippen LogP contribution in [0.3, 0.4) is 0 Å². The molecule has 2 rings (SSSR count). The van der Waals surface area contributed by atoms with Crippen molar-refractivity contribution in [1.29, 1.82) is 0 Å². The van der Waals surface area contributed by atoms with Gasteiger partial charge in [0.05, 0.1) is 6.54 Å². The molecule has 1 saturated carbocycles. The lowest BCUT2D eigenvalue weighted by Gasteiger charge is -1.95. The molecule has 6 nitrogen and oxygen atoms in total. The van der Waals surface area contributed by atoms with Gasteiger partial charge in [0, 0.05) is 12.6 Å². The summed E-state index contributed by atoms with van der Waals surface area (Å²) in [5.74, 6) is 0.270. The highest BCUT2D eigenvalue weighted by molar-refractivity contribution is 5.90. The second-order valence-electron chi connectivity index (χ2n) is 3.53. The number of amides is 1. The standard InChI is InChI=1S/C9H14N4O2/c1-2-10-9(14)8-12-7(15-13-8)5-11-6-3-4-6/h6,11H,2-5H2,1H3,(H,10,14). The Kier molecular flexibility index (Phi) is 2.96. The van der Waals surface area contributed by atoms with Crippen molar-refractivity contribution >= 4 is 5.91 Å². The molecule has 82 valence electrons. The van der Waals surface area contributed by atoms with E-state index >= 15 is 0 Å². The Morgan fingerprint density at radius 3 is 3.07 bits per heavy atom. The summed E-state index contributed by atoms with van der Waals surface area (Å²) in [6, 6.07) is 0.588. The Balaban J connectivity index is 1.87. The minimum Gasteiger partial charge on any atom is -0.349 e. The average molecular weight is 210 g/mol. The molecule has 0 aromatic carbocycles. The van der Waals surface area contributed by atoms with Crippen LogP contribution in [0, 0.1) is 0 Å². The van der Waals surface area contributed by atoms with Gasteiger partial charge in [0.2, 0.25) is 5.89 Å². The Hall–Kier alpha value is -1.43. The van der Waals surface area contributed by atoms with Gasteiger partial charge >= 0.3 is 0 Å². The molecule has 1 fully saturated rings. The van der Waals surface area contributed by atoms with Crippen LogP contribution in [0.15, 0.2) is 4.52 Å². The van der Waals surface area contributed by atoms with Crippen LogP contribution in [-0.2, 0) is 6.54 Å². The maximum atomic E-state index is 11.3. The van der Waals surface area contributed by atoms with Crippen molar-refractivity contribution in [3.8, 4) is 0 Å². The monoisotopic (exact) mass is 210 g/mol. The first kappa shape index (κ1) is 10.1. The first-order valence-corrected chi connectivity index (χ1v) is 5.13. The summed E-state index contributed by atoms with van der Waals surface area (Å²) >= 11 is 0. The summed E-state index contributed by atoms with van der Waals surface area (Å²) in [6.45, 7) is 2.94. The lowest BCUT2D eigenvalue weighted by Crippen LogP contribution is -2.24. The lowest BCUT2D eigenvalue weighted by molar-refractivity contribution is 0.0942. The minimum absolute atomic E-state index is 0.101. The van der Waals surface area contributed by atoms with Crippen molar-refractivity contribution in [1.82, 2.24) is 20.8 Å². The second-order valence-corrected chi connectivity index (χ2v) is 3.53. The van der Waals surface area contributed by atoms with E-state index in [2.05, 4.69) is 20.8 Å². The van der Waals surface area contributed by atoms with Gasteiger partial charge in [-0.3, -0.25) is 4.79 Å². The molecule has 2 N–H and O–H groups in total. The predicted molar refractivity (Wildman–Crippen MR) is 52.2 cm³/mol. The molecule has 0 saturated heterocycles. The fourth-order valence-electron chi connectivity index (χ4n) is 1.18. The van der Waals surface area contributed by atoms with E-state index in [1.165, 1.54) is 12.8 Å². The number of hydrogen-bond acceptors (Lipinski definition) is 5. The van der Waals surface area contributed by atoms with Gasteiger partial charge < -0.3 is 15.2 Å². The summed E-state index contributed by atoms with van der Waals surface area (Å²) in [7, 11) is 0. The molecular weight excluding hydrogens is 196 g/mol. The summed E-state index contributed by atoms with van der Waals surface area (Å²) in [4.78, 5) is 15.3. The number of aromatic nitrogens is 2. The summed E-state index contributed by atoms with van der Waals surface area (Å²) in [6.07, 6.45) is 2.41. The van der Waals surface area contributed by atoms with Crippen molar-refractivity contribution < 1.29 is 9.32 Å². The van der Waals surface area contributed by atoms with Crippen LogP contribution in [0.4, 0.5) is 0 Å². The van der Waals surface area contributed by atoms with Crippen LogP contribution < -0.4 is 10.6 Å². The Morgan fingerprint density at radius 1 is 1.60 bits per heavy atom. The fraction of sp³-hybridized carbons (Fsp3) is 0.667. The quantitative estimate of drug-likeness (QED) is 0.719. The van der Waals surface area contributed by atoms with E-state index in [0.717, 1.165) is 0 Å². The van der Waals surface area contributed by atoms with Gasteiger partial charge in [-0.15, -0.1) is 0 Å². The van der Waals surface area contributed by atoms with E-state index < -0.39 is 0 Å². The third-order valence-electron chi connectivity index (χ3n) is 2.13. The van der Waals surface area contributed by atoms with E-state index in [1.807, 2.05) is 6.92 Å². The van der Waals surface area contributed by atoms with Gasteiger partial charge in [0.1, 0.15) is 0 Å². The zero-order chi connectivity index (χ0) is 10.7. The minimum atomic E-state index is -0.293. The zero-order valence-corrected chi connectivity index (χ0v) is 8.62. The SMILES string of the molecule is CCNC(=O)c1noc(CNC2CC2)n1. The maximum absolute atomic E-state index is 11.3. The fourth-order valence-corrected chi connectivity index (χ4v) is 1.18.